The van der Waals surface area contributed by atoms with Crippen LogP contribution >= 0.6 is 11.8 Å². The van der Waals surface area contributed by atoms with Crippen LogP contribution in [0.25, 0.3) is 0 Å². The van der Waals surface area contributed by atoms with E-state index in [1.165, 1.54) is 12.0 Å². The molecule has 0 aromatic heterocycles. The Bertz CT molecular complexity index is 906. The van der Waals surface area contributed by atoms with Gasteiger partial charge in [0.25, 0.3) is 0 Å². The Morgan fingerprint density at radius 3 is 2.61 bits per heavy atom. The number of esters is 1. The molecule has 0 saturated carbocycles. The molecule has 31 heavy (non-hydrogen) atoms. The highest BCUT2D eigenvalue weighted by molar-refractivity contribution is 7.99. The van der Waals surface area contributed by atoms with E-state index in [1.807, 2.05) is 18.2 Å². The number of ether oxygens (including phenoxy) is 2. The van der Waals surface area contributed by atoms with Crippen molar-refractivity contribution in [1.82, 2.24) is 9.80 Å². The number of rotatable bonds is 6. The lowest BCUT2D eigenvalue weighted by atomic mass is 9.75. The second-order valence-corrected chi connectivity index (χ2v) is 9.58. The molecule has 168 valence electrons. The fourth-order valence-corrected chi connectivity index (χ4v) is 6.63. The number of amides is 2. The van der Waals surface area contributed by atoms with E-state index in [2.05, 4.69) is 11.8 Å². The van der Waals surface area contributed by atoms with Gasteiger partial charge in [0.05, 0.1) is 26.1 Å². The van der Waals surface area contributed by atoms with Crippen LogP contribution in [-0.2, 0) is 19.1 Å². The van der Waals surface area contributed by atoms with Crippen molar-refractivity contribution >= 4 is 29.5 Å². The predicted molar refractivity (Wildman–Crippen MR) is 117 cm³/mol. The van der Waals surface area contributed by atoms with E-state index in [0.717, 1.165) is 34.8 Å². The molecule has 3 unspecified atom stereocenters. The van der Waals surface area contributed by atoms with Crippen molar-refractivity contribution in [2.45, 2.75) is 49.6 Å². The van der Waals surface area contributed by atoms with Gasteiger partial charge in [0.1, 0.15) is 11.3 Å². The van der Waals surface area contributed by atoms with E-state index in [4.69, 9.17) is 9.47 Å². The summed E-state index contributed by atoms with van der Waals surface area (Å²) in [4.78, 5) is 44.5. The number of imide groups is 1. The molecule has 0 radical (unpaired) electrons. The van der Waals surface area contributed by atoms with Crippen LogP contribution in [0.5, 0.6) is 5.75 Å². The zero-order valence-electron chi connectivity index (χ0n) is 18.6. The molecule has 3 fully saturated rings. The van der Waals surface area contributed by atoms with E-state index >= 15 is 0 Å². The van der Waals surface area contributed by atoms with Gasteiger partial charge in [-0.2, -0.15) is 0 Å². The van der Waals surface area contributed by atoms with Gasteiger partial charge in [-0.3, -0.25) is 24.2 Å². The number of likely N-dealkylation sites (tertiary alicyclic amines) is 1. The summed E-state index contributed by atoms with van der Waals surface area (Å²) in [5.41, 5.74) is -0.192. The standard InChI is InChI=1S/C23H30N2O5S/c1-5-24-20(26)17-18(21(24)27)23(22(28)30-4)11-7-8-12-25(23)19(17)14-9-10-16(31-6-2)15(13-14)29-3/h9-10,13,17-19H,5-8,11-12H2,1-4H3/t17?,18?,19?,23-/m0/s1. The average Bonchev–Trinajstić information content (AvgIpc) is 3.24. The fraction of sp³-hybridized carbons (Fsp3) is 0.609. The van der Waals surface area contributed by atoms with Crippen LogP contribution in [0.1, 0.15) is 44.7 Å². The number of nitrogens with zero attached hydrogens (tertiary/aromatic N) is 2. The number of carbonyl (C=O) groups is 3. The van der Waals surface area contributed by atoms with Crippen LogP contribution in [0.3, 0.4) is 0 Å². The van der Waals surface area contributed by atoms with Crippen molar-refractivity contribution in [3.8, 4) is 5.75 Å². The summed E-state index contributed by atoms with van der Waals surface area (Å²) in [5, 5.41) is 0. The smallest absolute Gasteiger partial charge is 0.327 e. The highest BCUT2D eigenvalue weighted by Gasteiger charge is 2.72. The van der Waals surface area contributed by atoms with E-state index < -0.39 is 23.3 Å². The van der Waals surface area contributed by atoms with E-state index in [0.29, 0.717) is 19.5 Å². The minimum Gasteiger partial charge on any atom is -0.496 e. The van der Waals surface area contributed by atoms with Gasteiger partial charge in [-0.15, -0.1) is 11.8 Å². The summed E-state index contributed by atoms with van der Waals surface area (Å²) in [5.74, 6) is -0.493. The SMILES string of the molecule is CCSc1ccc(C2C3C(=O)N(CC)C(=O)C3[C@]3(C(=O)OC)CCCCN23)cc1OC. The largest absolute Gasteiger partial charge is 0.496 e. The minimum atomic E-state index is -1.09. The van der Waals surface area contributed by atoms with Gasteiger partial charge < -0.3 is 9.47 Å². The molecular weight excluding hydrogens is 416 g/mol. The molecule has 3 saturated heterocycles. The second kappa shape index (κ2) is 8.47. The number of hydrogen-bond acceptors (Lipinski definition) is 7. The lowest BCUT2D eigenvalue weighted by Gasteiger charge is -2.44. The number of benzene rings is 1. The van der Waals surface area contributed by atoms with Crippen LogP contribution < -0.4 is 4.74 Å². The average molecular weight is 447 g/mol. The van der Waals surface area contributed by atoms with Crippen molar-refractivity contribution in [3.05, 3.63) is 23.8 Å². The van der Waals surface area contributed by atoms with Crippen LogP contribution in [0.2, 0.25) is 0 Å². The van der Waals surface area contributed by atoms with Crippen molar-refractivity contribution < 1.29 is 23.9 Å². The summed E-state index contributed by atoms with van der Waals surface area (Å²) in [6.07, 6.45) is 2.26. The quantitative estimate of drug-likeness (QED) is 0.378. The number of piperidine rings is 1. The van der Waals surface area contributed by atoms with Crippen LogP contribution in [-0.4, -0.2) is 66.2 Å². The molecule has 0 aliphatic carbocycles. The third kappa shape index (κ3) is 3.09. The fourth-order valence-electron chi connectivity index (χ4n) is 5.87. The number of carbonyl (C=O) groups excluding carboxylic acids is 3. The van der Waals surface area contributed by atoms with E-state index in [1.54, 1.807) is 25.8 Å². The van der Waals surface area contributed by atoms with Gasteiger partial charge in [0, 0.05) is 17.5 Å². The summed E-state index contributed by atoms with van der Waals surface area (Å²) in [6, 6.07) is 5.62. The van der Waals surface area contributed by atoms with Gasteiger partial charge in [-0.25, -0.2) is 0 Å². The summed E-state index contributed by atoms with van der Waals surface area (Å²) < 4.78 is 10.9. The third-order valence-corrected chi connectivity index (χ3v) is 7.97. The zero-order valence-corrected chi connectivity index (χ0v) is 19.4. The molecule has 4 atom stereocenters. The first-order chi connectivity index (χ1) is 15.0. The maximum Gasteiger partial charge on any atom is 0.327 e. The molecule has 1 aromatic rings. The maximum absolute atomic E-state index is 13.4. The molecule has 7 nitrogen and oxygen atoms in total. The molecule has 0 N–H and O–H groups in total. The molecule has 2 amide bonds. The third-order valence-electron chi connectivity index (χ3n) is 7.04. The Hall–Kier alpha value is -2.06. The van der Waals surface area contributed by atoms with Gasteiger partial charge in [0.2, 0.25) is 11.8 Å². The first-order valence-corrected chi connectivity index (χ1v) is 12.0. The first-order valence-electron chi connectivity index (χ1n) is 11.0. The monoisotopic (exact) mass is 446 g/mol. The van der Waals surface area contributed by atoms with Gasteiger partial charge in [-0.1, -0.05) is 13.0 Å². The van der Waals surface area contributed by atoms with Crippen molar-refractivity contribution in [2.24, 2.45) is 11.8 Å². The summed E-state index contributed by atoms with van der Waals surface area (Å²) >= 11 is 1.69. The summed E-state index contributed by atoms with van der Waals surface area (Å²) in [7, 11) is 3.00. The number of thioether (sulfide) groups is 1. The molecule has 3 aliphatic rings. The Labute approximate surface area is 187 Å². The van der Waals surface area contributed by atoms with Crippen LogP contribution in [0.4, 0.5) is 0 Å². The molecular formula is C23H30N2O5S. The van der Waals surface area contributed by atoms with Crippen molar-refractivity contribution in [1.29, 1.82) is 0 Å². The number of fused-ring (bicyclic) bond motifs is 3. The molecule has 3 heterocycles. The van der Waals surface area contributed by atoms with Gasteiger partial charge >= 0.3 is 5.97 Å². The van der Waals surface area contributed by atoms with Crippen molar-refractivity contribution in [2.75, 3.05) is 33.1 Å². The lowest BCUT2D eigenvalue weighted by molar-refractivity contribution is -0.164. The summed E-state index contributed by atoms with van der Waals surface area (Å²) in [6.45, 7) is 4.84. The first kappa shape index (κ1) is 22.1. The molecule has 8 heteroatoms. The second-order valence-electron chi connectivity index (χ2n) is 8.28. The predicted octanol–water partition coefficient (Wildman–Crippen LogP) is 2.88. The molecule has 0 bridgehead atoms. The molecule has 1 aromatic carbocycles. The van der Waals surface area contributed by atoms with Crippen LogP contribution in [0.15, 0.2) is 23.1 Å². The Morgan fingerprint density at radius 1 is 1.19 bits per heavy atom. The van der Waals surface area contributed by atoms with Crippen LogP contribution in [0, 0.1) is 11.8 Å². The zero-order chi connectivity index (χ0) is 22.3. The van der Waals surface area contributed by atoms with E-state index in [-0.39, 0.29) is 17.9 Å². The Balaban J connectivity index is 1.89. The molecule has 3 aliphatic heterocycles. The number of methoxy groups -OCH3 is 2. The highest BCUT2D eigenvalue weighted by atomic mass is 32.2. The van der Waals surface area contributed by atoms with Crippen molar-refractivity contribution in [3.63, 3.8) is 0 Å². The Kier molecular flexibility index (Phi) is 6.05. The van der Waals surface area contributed by atoms with Gasteiger partial charge in [0.15, 0.2) is 0 Å². The highest BCUT2D eigenvalue weighted by Crippen LogP contribution is 2.58. The minimum absolute atomic E-state index is 0.189. The normalized spacial score (nSPS) is 30.3. The Morgan fingerprint density at radius 2 is 1.97 bits per heavy atom. The maximum atomic E-state index is 13.4. The molecule has 4 rings (SSSR count). The lowest BCUT2D eigenvalue weighted by Crippen LogP contribution is -2.59. The topological polar surface area (TPSA) is 76.2 Å². The number of hydrogen-bond donors (Lipinski definition) is 0. The van der Waals surface area contributed by atoms with Gasteiger partial charge in [-0.05, 0) is 56.2 Å². The van der Waals surface area contributed by atoms with E-state index in [9.17, 15) is 14.4 Å². The molecule has 0 spiro atoms.